The Kier molecular flexibility index (Phi) is 11.4. The molecule has 0 fully saturated rings. The van der Waals surface area contributed by atoms with Crippen LogP contribution in [0.2, 0.25) is 5.28 Å². The molecule has 44 heavy (non-hydrogen) atoms. The summed E-state index contributed by atoms with van der Waals surface area (Å²) >= 11 is 5.83. The summed E-state index contributed by atoms with van der Waals surface area (Å²) in [6, 6.07) is 7.29. The number of halogens is 1. The average molecular weight is 677 g/mol. The Morgan fingerprint density at radius 1 is 0.750 bits per heavy atom. The molecule has 17 nitrogen and oxygen atoms in total. The fourth-order valence-electron chi connectivity index (χ4n) is 3.43. The van der Waals surface area contributed by atoms with Gasteiger partial charge in [0, 0.05) is 11.4 Å². The van der Waals surface area contributed by atoms with Crippen molar-refractivity contribution >= 4 is 96.8 Å². The zero-order chi connectivity index (χ0) is 31.4. The molecule has 0 saturated heterocycles. The minimum absolute atomic E-state index is 0. The van der Waals surface area contributed by atoms with Crippen LogP contribution in [-0.2, 0) is 20.2 Å². The fraction of sp³-hybridized carbons (Fsp3) is 0.130. The van der Waals surface area contributed by atoms with Gasteiger partial charge in [0.2, 0.25) is 17.2 Å². The van der Waals surface area contributed by atoms with E-state index in [0.29, 0.717) is 0 Å². The average Bonchev–Trinajstić information content (AvgIpc) is 2.95. The summed E-state index contributed by atoms with van der Waals surface area (Å²) in [5, 5.41) is 5.26. The number of ether oxygens (including phenoxy) is 3. The van der Waals surface area contributed by atoms with Gasteiger partial charge in [0.1, 0.15) is 15.0 Å². The molecule has 4 aromatic rings. The molecule has 0 amide bonds. The Morgan fingerprint density at radius 2 is 1.18 bits per heavy atom. The van der Waals surface area contributed by atoms with Gasteiger partial charge < -0.3 is 29.4 Å². The van der Waals surface area contributed by atoms with Crippen LogP contribution in [0.3, 0.4) is 0 Å². The number of benzene rings is 2. The Bertz CT molecular complexity index is 1920. The molecular weight excluding hydrogens is 655 g/mol. The predicted octanol–water partition coefficient (Wildman–Crippen LogP) is 2.01. The first-order valence-corrected chi connectivity index (χ1v) is 14.7. The van der Waals surface area contributed by atoms with E-state index in [1.807, 2.05) is 0 Å². The zero-order valence-electron chi connectivity index (χ0n) is 23.2. The van der Waals surface area contributed by atoms with Crippen LogP contribution in [0, 0.1) is 0 Å². The topological polar surface area (TPSA) is 241 Å². The maximum atomic E-state index is 12.2. The monoisotopic (exact) mass is 676 g/mol. The van der Waals surface area contributed by atoms with Gasteiger partial charge in [0.05, 0.1) is 26.2 Å². The van der Waals surface area contributed by atoms with Crippen molar-refractivity contribution in [3.63, 3.8) is 0 Å². The molecule has 2 aromatic carbocycles. The molecule has 0 aliphatic carbocycles. The molecule has 4 rings (SSSR count). The van der Waals surface area contributed by atoms with E-state index >= 15 is 0 Å². The van der Waals surface area contributed by atoms with Crippen LogP contribution in [0.1, 0.15) is 12.6 Å². The van der Waals surface area contributed by atoms with Crippen LogP contribution in [-0.4, -0.2) is 107 Å². The van der Waals surface area contributed by atoms with E-state index < -0.39 is 30.0 Å². The normalized spacial score (nSPS) is 11.5. The first-order chi connectivity index (χ1) is 20.3. The predicted molar refractivity (Wildman–Crippen MR) is 159 cm³/mol. The van der Waals surface area contributed by atoms with Crippen molar-refractivity contribution in [1.29, 1.82) is 0 Å². The van der Waals surface area contributed by atoms with Crippen molar-refractivity contribution in [2.45, 2.75) is 9.79 Å². The molecule has 0 bridgehead atoms. The number of nitrogens with one attached hydrogen (secondary N) is 2. The second-order valence-corrected chi connectivity index (χ2v) is 11.1. The number of anilines is 4. The van der Waals surface area contributed by atoms with Crippen LogP contribution in [0.15, 0.2) is 46.2 Å². The summed E-state index contributed by atoms with van der Waals surface area (Å²) in [7, 11) is -5.87. The molecule has 228 valence electrons. The van der Waals surface area contributed by atoms with E-state index in [1.54, 1.807) is 0 Å². The standard InChI is InChI=1S/C23H21ClN8O9S2.Na.H/c1-39-21-28-18(24)27-19(29-21)25-14-8-6-12(16(10-14)42(33,34)35)4-5-13-7-9-15(11-17(13)43(36,37)38)26-20-30-22(40-2)32-23(31-20)41-3;;/h4-11H,1-3H3,(H,33,34,35)(H,36,37,38)(H,25,27,28,29)(H,26,30,31,32);;. The first kappa shape index (κ1) is 34.8. The van der Waals surface area contributed by atoms with Crippen LogP contribution in [0.25, 0.3) is 12.2 Å². The third-order valence-electron chi connectivity index (χ3n) is 5.26. The number of methoxy groups -OCH3 is 3. The van der Waals surface area contributed by atoms with E-state index in [4.69, 9.17) is 25.8 Å². The van der Waals surface area contributed by atoms with Crippen molar-refractivity contribution in [2.24, 2.45) is 0 Å². The van der Waals surface area contributed by atoms with Crippen molar-refractivity contribution < 1.29 is 41.6 Å². The van der Waals surface area contributed by atoms with Crippen LogP contribution in [0.5, 0.6) is 18.0 Å². The summed E-state index contributed by atoms with van der Waals surface area (Å²) in [6.45, 7) is 0. The number of nitrogens with zero attached hydrogens (tertiary/aromatic N) is 6. The van der Waals surface area contributed by atoms with E-state index in [9.17, 15) is 25.9 Å². The zero-order valence-corrected chi connectivity index (χ0v) is 24.6. The van der Waals surface area contributed by atoms with Gasteiger partial charge in [0.15, 0.2) is 0 Å². The minimum atomic E-state index is -5.03. The third kappa shape index (κ3) is 8.92. The van der Waals surface area contributed by atoms with Crippen molar-refractivity contribution in [1.82, 2.24) is 29.9 Å². The van der Waals surface area contributed by atoms with Gasteiger partial charge in [-0.05, 0) is 47.0 Å². The summed E-state index contributed by atoms with van der Waals surface area (Å²) in [5.41, 5.74) is 0.131. The second kappa shape index (κ2) is 14.4. The number of hydrogen-bond acceptors (Lipinski definition) is 16. The molecular formula is C23H22ClN8NaO9S2. The summed E-state index contributed by atoms with van der Waals surface area (Å²) < 4.78 is 85.4. The molecule has 0 unspecified atom stereocenters. The number of aromatic nitrogens is 6. The van der Waals surface area contributed by atoms with Gasteiger partial charge in [-0.1, -0.05) is 24.3 Å². The first-order valence-electron chi connectivity index (χ1n) is 11.5. The molecule has 0 aliphatic heterocycles. The number of hydrogen-bond donors (Lipinski definition) is 3. The molecule has 0 saturated carbocycles. The van der Waals surface area contributed by atoms with Gasteiger partial charge in [-0.25, -0.2) is 8.42 Å². The van der Waals surface area contributed by atoms with Crippen molar-refractivity contribution in [3.05, 3.63) is 52.8 Å². The summed E-state index contributed by atoms with van der Waals surface area (Å²) in [6.07, 6.45) is 2.39. The van der Waals surface area contributed by atoms with E-state index in [-0.39, 0.29) is 88.7 Å². The number of rotatable bonds is 11. The summed E-state index contributed by atoms with van der Waals surface area (Å²) in [4.78, 5) is 22.1. The van der Waals surface area contributed by atoms with Crippen LogP contribution in [0.4, 0.5) is 23.3 Å². The second-order valence-electron chi connectivity index (χ2n) is 8.06. The van der Waals surface area contributed by atoms with Gasteiger partial charge in [-0.3, -0.25) is 4.55 Å². The fourth-order valence-corrected chi connectivity index (χ4v) is 4.99. The Hall–Kier alpha value is -3.69. The Labute approximate surface area is 279 Å². The molecule has 0 radical (unpaired) electrons. The van der Waals surface area contributed by atoms with Crippen molar-refractivity contribution in [3.8, 4) is 18.0 Å². The molecule has 0 spiro atoms. The van der Waals surface area contributed by atoms with Crippen LogP contribution >= 0.6 is 11.6 Å². The van der Waals surface area contributed by atoms with Crippen molar-refractivity contribution in [2.75, 3.05) is 32.0 Å². The van der Waals surface area contributed by atoms with Gasteiger partial charge >= 0.3 is 49.0 Å². The van der Waals surface area contributed by atoms with Gasteiger partial charge in [0.25, 0.3) is 10.1 Å². The third-order valence-corrected chi connectivity index (χ3v) is 7.23. The molecule has 21 heteroatoms. The Morgan fingerprint density at radius 3 is 1.64 bits per heavy atom. The Balaban J connectivity index is 0.00000353. The quantitative estimate of drug-likeness (QED) is 0.117. The SMILES string of the molecule is COc1nc(Cl)nc(Nc2ccc(C=Cc3ccc(Nc4nc(OC)nc(OC)n4)cc3S(=O)(=O)[O-])c(S(=O)(=O)O)c2)n1.[H+].[NaH]. The molecule has 3 N–H and O–H groups in total. The van der Waals surface area contributed by atoms with E-state index in [0.717, 1.165) is 12.1 Å². The van der Waals surface area contributed by atoms with E-state index in [2.05, 4.69) is 40.5 Å². The molecule has 2 heterocycles. The molecule has 2 aromatic heterocycles. The maximum absolute atomic E-state index is 12.2. The van der Waals surface area contributed by atoms with E-state index in [1.165, 1.54) is 57.7 Å². The summed E-state index contributed by atoms with van der Waals surface area (Å²) in [5.74, 6) is -0.139. The van der Waals surface area contributed by atoms with Crippen LogP contribution < -0.4 is 24.8 Å². The molecule has 0 atom stereocenters. The van der Waals surface area contributed by atoms with Gasteiger partial charge in [-0.2, -0.15) is 33.3 Å². The van der Waals surface area contributed by atoms with Gasteiger partial charge in [-0.15, -0.1) is 4.98 Å². The molecule has 0 aliphatic rings.